The minimum atomic E-state index is -0.207. The summed E-state index contributed by atoms with van der Waals surface area (Å²) in [6, 6.07) is 4.01. The molecular formula is C14H19N3O2. The molecule has 102 valence electrons. The maximum absolute atomic E-state index is 12.4. The molecule has 0 spiro atoms. The first kappa shape index (κ1) is 13.6. The zero-order valence-electron chi connectivity index (χ0n) is 11.5. The van der Waals surface area contributed by atoms with E-state index in [2.05, 4.69) is 11.0 Å². The van der Waals surface area contributed by atoms with Gasteiger partial charge < -0.3 is 14.2 Å². The Bertz CT molecular complexity index is 551. The molecule has 2 heterocycles. The fourth-order valence-electron chi connectivity index (χ4n) is 2.53. The van der Waals surface area contributed by atoms with Gasteiger partial charge in [-0.15, -0.1) is 0 Å². The topological polar surface area (TPSA) is 58.3 Å². The van der Waals surface area contributed by atoms with Gasteiger partial charge in [-0.3, -0.25) is 4.79 Å². The van der Waals surface area contributed by atoms with Crippen LogP contribution in [0.2, 0.25) is 0 Å². The molecule has 5 nitrogen and oxygen atoms in total. The predicted octanol–water partition coefficient (Wildman–Crippen LogP) is 1.28. The highest BCUT2D eigenvalue weighted by Gasteiger charge is 2.20. The molecule has 19 heavy (non-hydrogen) atoms. The summed E-state index contributed by atoms with van der Waals surface area (Å²) in [5, 5.41) is 9.28. The van der Waals surface area contributed by atoms with Crippen molar-refractivity contribution in [1.29, 1.82) is 5.26 Å². The van der Waals surface area contributed by atoms with Crippen LogP contribution in [0.1, 0.15) is 24.1 Å². The van der Waals surface area contributed by atoms with Crippen molar-refractivity contribution in [2.24, 2.45) is 0 Å². The first-order valence-electron chi connectivity index (χ1n) is 6.57. The Morgan fingerprint density at radius 3 is 2.68 bits per heavy atom. The summed E-state index contributed by atoms with van der Waals surface area (Å²) in [6.07, 6.45) is 2.24. The second kappa shape index (κ2) is 5.89. The summed E-state index contributed by atoms with van der Waals surface area (Å²) in [7, 11) is 1.60. The monoisotopic (exact) mass is 261 g/mol. The molecule has 5 heteroatoms. The number of methoxy groups -OCH3 is 1. The van der Waals surface area contributed by atoms with E-state index in [4.69, 9.17) is 4.74 Å². The molecule has 0 aliphatic carbocycles. The molecule has 0 radical (unpaired) electrons. The van der Waals surface area contributed by atoms with Gasteiger partial charge in [0.1, 0.15) is 11.6 Å². The Morgan fingerprint density at radius 1 is 1.42 bits per heavy atom. The largest absolute Gasteiger partial charge is 0.383 e. The Labute approximate surface area is 113 Å². The van der Waals surface area contributed by atoms with Crippen molar-refractivity contribution in [3.8, 4) is 6.07 Å². The van der Waals surface area contributed by atoms with E-state index in [-0.39, 0.29) is 11.1 Å². The SMILES string of the molecule is COCCn1c(C)cc(N2CCCC2)c(C#N)c1=O. The maximum Gasteiger partial charge on any atom is 0.270 e. The van der Waals surface area contributed by atoms with E-state index in [0.29, 0.717) is 13.2 Å². The Morgan fingerprint density at radius 2 is 2.11 bits per heavy atom. The molecule has 0 bridgehead atoms. The van der Waals surface area contributed by atoms with E-state index in [1.165, 1.54) is 0 Å². The molecule has 1 aromatic heterocycles. The zero-order chi connectivity index (χ0) is 13.8. The van der Waals surface area contributed by atoms with Crippen LogP contribution in [0, 0.1) is 18.3 Å². The highest BCUT2D eigenvalue weighted by molar-refractivity contribution is 5.59. The van der Waals surface area contributed by atoms with Gasteiger partial charge >= 0.3 is 0 Å². The molecule has 2 rings (SSSR count). The summed E-state index contributed by atoms with van der Waals surface area (Å²) < 4.78 is 6.62. The first-order chi connectivity index (χ1) is 9.19. The van der Waals surface area contributed by atoms with Gasteiger partial charge in [-0.25, -0.2) is 0 Å². The van der Waals surface area contributed by atoms with E-state index in [0.717, 1.165) is 37.3 Å². The van der Waals surface area contributed by atoms with Crippen LogP contribution in [-0.2, 0) is 11.3 Å². The van der Waals surface area contributed by atoms with Crippen molar-refractivity contribution in [2.45, 2.75) is 26.3 Å². The molecule has 1 aliphatic rings. The molecule has 0 aromatic carbocycles. The third kappa shape index (κ3) is 2.64. The minimum Gasteiger partial charge on any atom is -0.383 e. The molecule has 1 aromatic rings. The van der Waals surface area contributed by atoms with E-state index in [1.54, 1.807) is 11.7 Å². The molecular weight excluding hydrogens is 242 g/mol. The number of hydrogen-bond donors (Lipinski definition) is 0. The van der Waals surface area contributed by atoms with E-state index >= 15 is 0 Å². The fourth-order valence-corrected chi connectivity index (χ4v) is 2.53. The van der Waals surface area contributed by atoms with Crippen LogP contribution in [0.15, 0.2) is 10.9 Å². The molecule has 0 atom stereocenters. The summed E-state index contributed by atoms with van der Waals surface area (Å²) in [4.78, 5) is 14.5. The van der Waals surface area contributed by atoms with Crippen molar-refractivity contribution < 1.29 is 4.74 Å². The predicted molar refractivity (Wildman–Crippen MR) is 73.5 cm³/mol. The number of rotatable bonds is 4. The number of aromatic nitrogens is 1. The number of anilines is 1. The molecule has 0 saturated carbocycles. The van der Waals surface area contributed by atoms with Crippen molar-refractivity contribution in [2.75, 3.05) is 31.7 Å². The van der Waals surface area contributed by atoms with Crippen LogP contribution in [0.3, 0.4) is 0 Å². The lowest BCUT2D eigenvalue weighted by atomic mass is 10.2. The van der Waals surface area contributed by atoms with Crippen LogP contribution in [-0.4, -0.2) is 31.4 Å². The van der Waals surface area contributed by atoms with Crippen LogP contribution < -0.4 is 10.5 Å². The second-order valence-corrected chi connectivity index (χ2v) is 4.80. The van der Waals surface area contributed by atoms with Crippen molar-refractivity contribution in [1.82, 2.24) is 4.57 Å². The normalized spacial score (nSPS) is 14.7. The van der Waals surface area contributed by atoms with Gasteiger partial charge in [0, 0.05) is 32.4 Å². The molecule has 1 aliphatic heterocycles. The van der Waals surface area contributed by atoms with Crippen LogP contribution in [0.5, 0.6) is 0 Å². The molecule has 0 N–H and O–H groups in total. The average Bonchev–Trinajstić information content (AvgIpc) is 2.91. The third-order valence-electron chi connectivity index (χ3n) is 3.56. The molecule has 1 fully saturated rings. The maximum atomic E-state index is 12.4. The van der Waals surface area contributed by atoms with Crippen molar-refractivity contribution in [3.05, 3.63) is 27.7 Å². The van der Waals surface area contributed by atoms with Crippen LogP contribution in [0.25, 0.3) is 0 Å². The highest BCUT2D eigenvalue weighted by atomic mass is 16.5. The lowest BCUT2D eigenvalue weighted by molar-refractivity contribution is 0.185. The summed E-state index contributed by atoms with van der Waals surface area (Å²) in [6.45, 7) is 4.70. The molecule has 0 unspecified atom stereocenters. The van der Waals surface area contributed by atoms with Gasteiger partial charge in [0.15, 0.2) is 0 Å². The number of nitrogens with zero attached hydrogens (tertiary/aromatic N) is 3. The van der Waals surface area contributed by atoms with Crippen LogP contribution >= 0.6 is 0 Å². The van der Waals surface area contributed by atoms with Gasteiger partial charge in [-0.05, 0) is 25.8 Å². The van der Waals surface area contributed by atoms with Gasteiger partial charge in [0.2, 0.25) is 0 Å². The summed E-state index contributed by atoms with van der Waals surface area (Å²) in [5.74, 6) is 0. The number of pyridine rings is 1. The average molecular weight is 261 g/mol. The van der Waals surface area contributed by atoms with Gasteiger partial charge in [0.05, 0.1) is 12.3 Å². The second-order valence-electron chi connectivity index (χ2n) is 4.80. The van der Waals surface area contributed by atoms with E-state index < -0.39 is 0 Å². The Hall–Kier alpha value is -1.80. The van der Waals surface area contributed by atoms with E-state index in [1.807, 2.05) is 13.0 Å². The van der Waals surface area contributed by atoms with Crippen molar-refractivity contribution >= 4 is 5.69 Å². The lowest BCUT2D eigenvalue weighted by Crippen LogP contribution is -2.30. The highest BCUT2D eigenvalue weighted by Crippen LogP contribution is 2.23. The van der Waals surface area contributed by atoms with Gasteiger partial charge in [0.25, 0.3) is 5.56 Å². The Kier molecular flexibility index (Phi) is 4.23. The molecule has 1 saturated heterocycles. The number of nitriles is 1. The smallest absolute Gasteiger partial charge is 0.270 e. The number of ether oxygens (including phenoxy) is 1. The first-order valence-corrected chi connectivity index (χ1v) is 6.57. The fraction of sp³-hybridized carbons (Fsp3) is 0.571. The van der Waals surface area contributed by atoms with Gasteiger partial charge in [-0.1, -0.05) is 0 Å². The quantitative estimate of drug-likeness (QED) is 0.819. The standard InChI is InChI=1S/C14H19N3O2/c1-11-9-13(16-5-3-4-6-16)12(10-15)14(18)17(11)7-8-19-2/h9H,3-8H2,1-2H3. The number of hydrogen-bond acceptors (Lipinski definition) is 4. The lowest BCUT2D eigenvalue weighted by Gasteiger charge is -2.21. The zero-order valence-corrected chi connectivity index (χ0v) is 11.5. The van der Waals surface area contributed by atoms with Gasteiger partial charge in [-0.2, -0.15) is 5.26 Å². The van der Waals surface area contributed by atoms with E-state index in [9.17, 15) is 10.1 Å². The third-order valence-corrected chi connectivity index (χ3v) is 3.56. The summed E-state index contributed by atoms with van der Waals surface area (Å²) in [5.41, 5.74) is 1.71. The summed E-state index contributed by atoms with van der Waals surface area (Å²) >= 11 is 0. The van der Waals surface area contributed by atoms with Crippen LogP contribution in [0.4, 0.5) is 5.69 Å². The van der Waals surface area contributed by atoms with Crippen molar-refractivity contribution in [3.63, 3.8) is 0 Å². The Balaban J connectivity index is 2.47. The minimum absolute atomic E-state index is 0.207. The number of aryl methyl sites for hydroxylation is 1. The molecule has 0 amide bonds.